The van der Waals surface area contributed by atoms with Crippen LogP contribution in [-0.2, 0) is 18.4 Å². The number of halogens is 1. The second kappa shape index (κ2) is 6.91. The van der Waals surface area contributed by atoms with E-state index in [1.54, 1.807) is 4.68 Å². The Morgan fingerprint density at radius 3 is 2.58 bits per heavy atom. The molecular weight excluding hydrogens is 266 g/mol. The standard InChI is InChI=1S/C13H22ClN3O2/c1-9(2)17(7-5-6-12(18)19)8-11-10(3)15-16(4)13(11)14/h9H,5-8H2,1-4H3,(H,18,19). The topological polar surface area (TPSA) is 58.4 Å². The van der Waals surface area contributed by atoms with E-state index in [1.165, 1.54) is 0 Å². The van der Waals surface area contributed by atoms with Gasteiger partial charge in [-0.3, -0.25) is 14.4 Å². The van der Waals surface area contributed by atoms with Crippen LogP contribution in [0.4, 0.5) is 0 Å². The largest absolute Gasteiger partial charge is 0.481 e. The van der Waals surface area contributed by atoms with E-state index >= 15 is 0 Å². The average molecular weight is 288 g/mol. The third kappa shape index (κ3) is 4.51. The molecule has 0 spiro atoms. The van der Waals surface area contributed by atoms with Crippen molar-refractivity contribution >= 4 is 17.6 Å². The highest BCUT2D eigenvalue weighted by Crippen LogP contribution is 2.21. The molecule has 0 fully saturated rings. The Hall–Kier alpha value is -1.07. The van der Waals surface area contributed by atoms with Gasteiger partial charge in [-0.15, -0.1) is 0 Å². The Labute approximate surface area is 119 Å². The first-order valence-corrected chi connectivity index (χ1v) is 6.84. The number of carboxylic acid groups (broad SMARTS) is 1. The van der Waals surface area contributed by atoms with Crippen LogP contribution in [-0.4, -0.2) is 38.3 Å². The van der Waals surface area contributed by atoms with Gasteiger partial charge in [0.05, 0.1) is 5.69 Å². The van der Waals surface area contributed by atoms with Crippen molar-refractivity contribution in [3.8, 4) is 0 Å². The molecule has 0 aliphatic rings. The van der Waals surface area contributed by atoms with E-state index in [0.29, 0.717) is 24.2 Å². The summed E-state index contributed by atoms with van der Waals surface area (Å²) in [7, 11) is 1.82. The first-order valence-electron chi connectivity index (χ1n) is 6.46. The van der Waals surface area contributed by atoms with E-state index in [-0.39, 0.29) is 6.42 Å². The van der Waals surface area contributed by atoms with Gasteiger partial charge in [-0.05, 0) is 33.7 Å². The molecule has 108 valence electrons. The molecule has 1 aromatic rings. The Balaban J connectivity index is 2.70. The van der Waals surface area contributed by atoms with Gasteiger partial charge in [-0.1, -0.05) is 11.6 Å². The number of rotatable bonds is 7. The highest BCUT2D eigenvalue weighted by Gasteiger charge is 2.17. The maximum atomic E-state index is 10.6. The lowest BCUT2D eigenvalue weighted by molar-refractivity contribution is -0.137. The quantitative estimate of drug-likeness (QED) is 0.837. The molecule has 0 aromatic carbocycles. The molecular formula is C13H22ClN3O2. The lowest BCUT2D eigenvalue weighted by Crippen LogP contribution is -2.31. The van der Waals surface area contributed by atoms with E-state index in [4.69, 9.17) is 16.7 Å². The van der Waals surface area contributed by atoms with E-state index in [9.17, 15) is 4.79 Å². The number of carbonyl (C=O) groups is 1. The summed E-state index contributed by atoms with van der Waals surface area (Å²) in [5, 5.41) is 13.6. The van der Waals surface area contributed by atoms with Gasteiger partial charge >= 0.3 is 5.97 Å². The molecule has 6 heteroatoms. The Morgan fingerprint density at radius 2 is 2.16 bits per heavy atom. The minimum Gasteiger partial charge on any atom is -0.481 e. The summed E-state index contributed by atoms with van der Waals surface area (Å²) >= 11 is 6.23. The molecule has 0 unspecified atom stereocenters. The smallest absolute Gasteiger partial charge is 0.303 e. The Kier molecular flexibility index (Phi) is 5.82. The number of aromatic nitrogens is 2. The maximum Gasteiger partial charge on any atom is 0.303 e. The van der Waals surface area contributed by atoms with Crippen molar-refractivity contribution in [3.05, 3.63) is 16.4 Å². The second-order valence-corrected chi connectivity index (χ2v) is 5.40. The fraction of sp³-hybridized carbons (Fsp3) is 0.692. The van der Waals surface area contributed by atoms with Crippen molar-refractivity contribution in [3.63, 3.8) is 0 Å². The molecule has 1 N–H and O–H groups in total. The molecule has 0 atom stereocenters. The molecule has 0 amide bonds. The molecule has 19 heavy (non-hydrogen) atoms. The zero-order chi connectivity index (χ0) is 14.6. The van der Waals surface area contributed by atoms with Crippen LogP contribution in [0.2, 0.25) is 5.15 Å². The Bertz CT molecular complexity index is 443. The summed E-state index contributed by atoms with van der Waals surface area (Å²) in [5.41, 5.74) is 1.95. The average Bonchev–Trinajstić information content (AvgIpc) is 2.53. The van der Waals surface area contributed by atoms with Crippen LogP contribution in [0, 0.1) is 6.92 Å². The van der Waals surface area contributed by atoms with Crippen LogP contribution in [0.15, 0.2) is 0 Å². The molecule has 1 rings (SSSR count). The van der Waals surface area contributed by atoms with Crippen molar-refractivity contribution in [2.24, 2.45) is 7.05 Å². The van der Waals surface area contributed by atoms with Gasteiger partial charge < -0.3 is 5.11 Å². The van der Waals surface area contributed by atoms with Crippen molar-refractivity contribution in [2.75, 3.05) is 6.54 Å². The van der Waals surface area contributed by atoms with Crippen LogP contribution in [0.1, 0.15) is 37.9 Å². The monoisotopic (exact) mass is 287 g/mol. The first-order chi connectivity index (χ1) is 8.82. The maximum absolute atomic E-state index is 10.6. The number of carboxylic acids is 1. The van der Waals surface area contributed by atoms with Gasteiger partial charge in [0.1, 0.15) is 5.15 Å². The Morgan fingerprint density at radius 1 is 1.53 bits per heavy atom. The zero-order valence-electron chi connectivity index (χ0n) is 12.0. The number of aliphatic carboxylic acids is 1. The van der Waals surface area contributed by atoms with Gasteiger partial charge in [0.2, 0.25) is 0 Å². The summed E-state index contributed by atoms with van der Waals surface area (Å²) in [5.74, 6) is -0.751. The van der Waals surface area contributed by atoms with E-state index in [0.717, 1.165) is 17.8 Å². The molecule has 5 nitrogen and oxygen atoms in total. The van der Waals surface area contributed by atoms with Crippen LogP contribution < -0.4 is 0 Å². The van der Waals surface area contributed by atoms with E-state index in [2.05, 4.69) is 23.8 Å². The highest BCUT2D eigenvalue weighted by molar-refractivity contribution is 6.30. The lowest BCUT2D eigenvalue weighted by atomic mass is 10.2. The fourth-order valence-corrected chi connectivity index (χ4v) is 2.24. The van der Waals surface area contributed by atoms with Crippen LogP contribution >= 0.6 is 11.6 Å². The van der Waals surface area contributed by atoms with Crippen molar-refractivity contribution in [2.45, 2.75) is 46.2 Å². The summed E-state index contributed by atoms with van der Waals surface area (Å²) in [6.45, 7) is 7.59. The number of hydrogen-bond acceptors (Lipinski definition) is 3. The SMILES string of the molecule is Cc1nn(C)c(Cl)c1CN(CCCC(=O)O)C(C)C. The minimum atomic E-state index is -0.751. The van der Waals surface area contributed by atoms with Gasteiger partial charge in [0.25, 0.3) is 0 Å². The van der Waals surface area contributed by atoms with Gasteiger partial charge in [0.15, 0.2) is 0 Å². The van der Waals surface area contributed by atoms with Crippen molar-refractivity contribution in [1.82, 2.24) is 14.7 Å². The van der Waals surface area contributed by atoms with Gasteiger partial charge in [0, 0.05) is 31.6 Å². The third-order valence-corrected chi connectivity index (χ3v) is 3.67. The molecule has 0 aliphatic carbocycles. The van der Waals surface area contributed by atoms with Gasteiger partial charge in [-0.2, -0.15) is 5.10 Å². The number of hydrogen-bond donors (Lipinski definition) is 1. The third-order valence-electron chi connectivity index (χ3n) is 3.20. The lowest BCUT2D eigenvalue weighted by Gasteiger charge is -2.26. The van der Waals surface area contributed by atoms with Crippen molar-refractivity contribution in [1.29, 1.82) is 0 Å². The first kappa shape index (κ1) is 16.0. The minimum absolute atomic E-state index is 0.197. The number of nitrogens with zero attached hydrogens (tertiary/aromatic N) is 3. The second-order valence-electron chi connectivity index (χ2n) is 5.04. The van der Waals surface area contributed by atoms with Crippen LogP contribution in [0.5, 0.6) is 0 Å². The van der Waals surface area contributed by atoms with E-state index in [1.807, 2.05) is 14.0 Å². The van der Waals surface area contributed by atoms with Crippen LogP contribution in [0.3, 0.4) is 0 Å². The van der Waals surface area contributed by atoms with Crippen LogP contribution in [0.25, 0.3) is 0 Å². The summed E-state index contributed by atoms with van der Waals surface area (Å²) in [6.07, 6.45) is 0.841. The molecule has 0 bridgehead atoms. The fourth-order valence-electron chi connectivity index (χ4n) is 2.01. The number of aryl methyl sites for hydroxylation is 2. The molecule has 0 saturated heterocycles. The highest BCUT2D eigenvalue weighted by atomic mass is 35.5. The molecule has 0 aliphatic heterocycles. The molecule has 1 heterocycles. The summed E-state index contributed by atoms with van der Waals surface area (Å²) in [6, 6.07) is 0.337. The normalized spacial score (nSPS) is 11.5. The van der Waals surface area contributed by atoms with E-state index < -0.39 is 5.97 Å². The summed E-state index contributed by atoms with van der Waals surface area (Å²) < 4.78 is 1.67. The summed E-state index contributed by atoms with van der Waals surface area (Å²) in [4.78, 5) is 12.8. The van der Waals surface area contributed by atoms with Gasteiger partial charge in [-0.25, -0.2) is 0 Å². The van der Waals surface area contributed by atoms with Crippen molar-refractivity contribution < 1.29 is 9.90 Å². The predicted molar refractivity (Wildman–Crippen MR) is 75.4 cm³/mol. The molecule has 0 radical (unpaired) electrons. The zero-order valence-corrected chi connectivity index (χ0v) is 12.7. The molecule has 1 aromatic heterocycles. The molecule has 0 saturated carbocycles. The predicted octanol–water partition coefficient (Wildman–Crippen LogP) is 2.46.